The van der Waals surface area contributed by atoms with E-state index < -0.39 is 17.7 Å². The number of halogens is 1. The Labute approximate surface area is 200 Å². The molecule has 1 amide bonds. The van der Waals surface area contributed by atoms with Crippen molar-refractivity contribution in [3.8, 4) is 5.75 Å². The van der Waals surface area contributed by atoms with E-state index in [0.29, 0.717) is 27.4 Å². The summed E-state index contributed by atoms with van der Waals surface area (Å²) < 4.78 is 5.25. The zero-order valence-electron chi connectivity index (χ0n) is 18.4. The molecular formula is C26H20ClN3O4. The molecule has 1 saturated heterocycles. The molecule has 34 heavy (non-hydrogen) atoms. The number of amides is 1. The molecule has 2 heterocycles. The van der Waals surface area contributed by atoms with Crippen LogP contribution >= 0.6 is 11.6 Å². The molecule has 1 aliphatic rings. The van der Waals surface area contributed by atoms with Crippen LogP contribution < -0.4 is 9.64 Å². The number of carbonyl (C=O) groups excluding carboxylic acids is 2. The van der Waals surface area contributed by atoms with Gasteiger partial charge >= 0.3 is 5.91 Å². The molecule has 1 fully saturated rings. The summed E-state index contributed by atoms with van der Waals surface area (Å²) in [5, 5.41) is 11.6. The topological polar surface area (TPSA) is 95.5 Å². The summed E-state index contributed by atoms with van der Waals surface area (Å²) in [5.41, 5.74) is 3.35. The number of anilines is 1. The van der Waals surface area contributed by atoms with Gasteiger partial charge in [0, 0.05) is 5.56 Å². The zero-order chi connectivity index (χ0) is 24.0. The van der Waals surface area contributed by atoms with Crippen molar-refractivity contribution in [2.75, 3.05) is 12.0 Å². The zero-order valence-corrected chi connectivity index (χ0v) is 19.1. The summed E-state index contributed by atoms with van der Waals surface area (Å²) in [6.07, 6.45) is 0. The Kier molecular flexibility index (Phi) is 5.34. The first-order valence-electron chi connectivity index (χ1n) is 10.5. The lowest BCUT2D eigenvalue weighted by Gasteiger charge is -2.23. The highest BCUT2D eigenvalue weighted by molar-refractivity contribution is 6.51. The molecule has 5 rings (SSSR count). The number of fused-ring (bicyclic) bond motifs is 1. The first kappa shape index (κ1) is 21.7. The number of hydrogen-bond donors (Lipinski definition) is 2. The minimum absolute atomic E-state index is 0.0442. The van der Waals surface area contributed by atoms with Gasteiger partial charge in [-0.25, -0.2) is 4.98 Å². The minimum atomic E-state index is -0.885. The number of aliphatic hydroxyl groups is 1. The van der Waals surface area contributed by atoms with Gasteiger partial charge in [-0.1, -0.05) is 48.0 Å². The van der Waals surface area contributed by atoms with Crippen LogP contribution in [0.1, 0.15) is 22.7 Å². The molecule has 1 atom stereocenters. The van der Waals surface area contributed by atoms with E-state index in [0.717, 1.165) is 11.1 Å². The maximum absolute atomic E-state index is 13.3. The predicted molar refractivity (Wildman–Crippen MR) is 130 cm³/mol. The van der Waals surface area contributed by atoms with Crippen LogP contribution in [-0.4, -0.2) is 33.9 Å². The highest BCUT2D eigenvalue weighted by atomic mass is 35.5. The van der Waals surface area contributed by atoms with Gasteiger partial charge in [-0.05, 0) is 48.4 Å². The fraction of sp³-hybridized carbons (Fsp3) is 0.115. The molecule has 1 aliphatic heterocycles. The van der Waals surface area contributed by atoms with Gasteiger partial charge in [0.05, 0.1) is 34.8 Å². The number of carbonyl (C=O) groups is 2. The van der Waals surface area contributed by atoms with Crippen molar-refractivity contribution in [3.05, 3.63) is 94.0 Å². The number of aryl methyl sites for hydroxylation is 1. The lowest BCUT2D eigenvalue weighted by molar-refractivity contribution is -0.132. The summed E-state index contributed by atoms with van der Waals surface area (Å²) in [4.78, 5) is 35.6. The van der Waals surface area contributed by atoms with Crippen LogP contribution in [0.5, 0.6) is 5.75 Å². The van der Waals surface area contributed by atoms with Crippen molar-refractivity contribution in [3.63, 3.8) is 0 Å². The number of aromatic nitrogens is 2. The second-order valence-corrected chi connectivity index (χ2v) is 8.42. The second-order valence-electron chi connectivity index (χ2n) is 8.01. The molecule has 2 N–H and O–H groups in total. The lowest BCUT2D eigenvalue weighted by Crippen LogP contribution is -2.30. The van der Waals surface area contributed by atoms with Gasteiger partial charge in [-0.15, -0.1) is 0 Å². The number of H-pyrrole nitrogens is 1. The van der Waals surface area contributed by atoms with E-state index in [1.807, 2.05) is 43.3 Å². The molecule has 170 valence electrons. The van der Waals surface area contributed by atoms with E-state index in [-0.39, 0.29) is 17.3 Å². The van der Waals surface area contributed by atoms with Gasteiger partial charge in [-0.3, -0.25) is 14.5 Å². The maximum Gasteiger partial charge on any atom is 0.302 e. The van der Waals surface area contributed by atoms with E-state index in [4.69, 9.17) is 16.3 Å². The smallest absolute Gasteiger partial charge is 0.302 e. The summed E-state index contributed by atoms with van der Waals surface area (Å²) in [7, 11) is 1.46. The second kappa shape index (κ2) is 8.35. The van der Waals surface area contributed by atoms with Crippen molar-refractivity contribution in [1.82, 2.24) is 9.97 Å². The number of benzene rings is 3. The number of imidazole rings is 1. The van der Waals surface area contributed by atoms with E-state index in [1.165, 1.54) is 18.1 Å². The average molecular weight is 474 g/mol. The summed E-state index contributed by atoms with van der Waals surface area (Å²) >= 11 is 6.13. The third-order valence-electron chi connectivity index (χ3n) is 5.84. The number of nitrogens with one attached hydrogen (secondary N) is 1. The number of nitrogens with zero attached hydrogens (tertiary/aromatic N) is 2. The van der Waals surface area contributed by atoms with Crippen molar-refractivity contribution < 1.29 is 19.4 Å². The summed E-state index contributed by atoms with van der Waals surface area (Å²) in [6, 6.07) is 18.5. The first-order chi connectivity index (χ1) is 16.4. The number of Topliss-reactive ketones (excluding diaryl/α,β-unsaturated/α-hetero) is 1. The Morgan fingerprint density at radius 3 is 2.59 bits per heavy atom. The molecule has 0 aliphatic carbocycles. The Morgan fingerprint density at radius 1 is 1.09 bits per heavy atom. The van der Waals surface area contributed by atoms with E-state index in [1.54, 1.807) is 24.3 Å². The van der Waals surface area contributed by atoms with E-state index >= 15 is 0 Å². The third-order valence-corrected chi connectivity index (χ3v) is 6.15. The van der Waals surface area contributed by atoms with Crippen molar-refractivity contribution >= 4 is 46.0 Å². The van der Waals surface area contributed by atoms with E-state index in [9.17, 15) is 14.7 Å². The average Bonchev–Trinajstić information content (AvgIpc) is 3.37. The van der Waals surface area contributed by atoms with Gasteiger partial charge in [-0.2, -0.15) is 0 Å². The van der Waals surface area contributed by atoms with Crippen molar-refractivity contribution in [2.45, 2.75) is 13.0 Å². The molecule has 3 aromatic carbocycles. The fourth-order valence-electron chi connectivity index (χ4n) is 4.19. The van der Waals surface area contributed by atoms with Crippen LogP contribution in [0, 0.1) is 6.92 Å². The van der Waals surface area contributed by atoms with Gasteiger partial charge in [0.1, 0.15) is 11.5 Å². The van der Waals surface area contributed by atoms with Gasteiger partial charge in [0.25, 0.3) is 5.78 Å². The molecule has 4 aromatic rings. The van der Waals surface area contributed by atoms with Crippen LogP contribution in [-0.2, 0) is 9.59 Å². The summed E-state index contributed by atoms with van der Waals surface area (Å²) in [6.45, 7) is 1.95. The highest BCUT2D eigenvalue weighted by Crippen LogP contribution is 2.42. The fourth-order valence-corrected chi connectivity index (χ4v) is 4.38. The monoisotopic (exact) mass is 473 g/mol. The molecule has 0 bridgehead atoms. The van der Waals surface area contributed by atoms with Crippen molar-refractivity contribution in [2.24, 2.45) is 0 Å². The summed E-state index contributed by atoms with van der Waals surface area (Å²) in [5.74, 6) is -1.35. The Bertz CT molecular complexity index is 1480. The number of rotatable bonds is 4. The number of aliphatic hydroxyl groups excluding tert-OH is 1. The normalized spacial score (nSPS) is 17.5. The van der Waals surface area contributed by atoms with Crippen LogP contribution in [0.25, 0.3) is 16.8 Å². The molecule has 0 saturated carbocycles. The maximum atomic E-state index is 13.3. The van der Waals surface area contributed by atoms with Gasteiger partial charge in [0.2, 0.25) is 5.95 Å². The number of hydrogen-bond acceptors (Lipinski definition) is 5. The molecule has 1 unspecified atom stereocenters. The highest BCUT2D eigenvalue weighted by Gasteiger charge is 2.48. The SMILES string of the molecule is COc1cc(/C(O)=C2\C(=O)C(=O)N(c3nc4ccc(C)cc4[nH]3)C2c2ccccc2)ccc1Cl. The molecule has 8 heteroatoms. The van der Waals surface area contributed by atoms with Crippen LogP contribution in [0.2, 0.25) is 5.02 Å². The first-order valence-corrected chi connectivity index (χ1v) is 10.9. The Hall–Kier alpha value is -4.10. The number of aromatic amines is 1. The molecule has 1 aromatic heterocycles. The van der Waals surface area contributed by atoms with E-state index in [2.05, 4.69) is 9.97 Å². The van der Waals surface area contributed by atoms with Gasteiger partial charge in [0.15, 0.2) is 0 Å². The lowest BCUT2D eigenvalue weighted by atomic mass is 9.95. The Balaban J connectivity index is 1.72. The predicted octanol–water partition coefficient (Wildman–Crippen LogP) is 5.16. The minimum Gasteiger partial charge on any atom is -0.507 e. The largest absolute Gasteiger partial charge is 0.507 e. The van der Waals surface area contributed by atoms with Crippen LogP contribution in [0.3, 0.4) is 0 Å². The standard InChI is InChI=1S/C26H20ClN3O4/c1-14-8-11-18-19(12-14)29-26(28-18)30-22(15-6-4-3-5-7-15)21(24(32)25(30)33)23(31)16-9-10-17(27)20(13-16)34-2/h3-13,22,31H,1-2H3,(H,28,29)/b23-21+. The number of ether oxygens (including phenoxy) is 1. The Morgan fingerprint density at radius 2 is 1.85 bits per heavy atom. The third kappa shape index (κ3) is 3.50. The van der Waals surface area contributed by atoms with Crippen LogP contribution in [0.15, 0.2) is 72.3 Å². The molecule has 0 radical (unpaired) electrons. The van der Waals surface area contributed by atoms with Crippen LogP contribution in [0.4, 0.5) is 5.95 Å². The van der Waals surface area contributed by atoms with Crippen molar-refractivity contribution in [1.29, 1.82) is 0 Å². The van der Waals surface area contributed by atoms with Gasteiger partial charge < -0.3 is 14.8 Å². The molecular weight excluding hydrogens is 454 g/mol. The quantitative estimate of drug-likeness (QED) is 0.242. The number of methoxy groups -OCH3 is 1. The number of ketones is 1. The molecule has 7 nitrogen and oxygen atoms in total. The molecule has 0 spiro atoms.